The Morgan fingerprint density at radius 2 is 1.65 bits per heavy atom. The van der Waals surface area contributed by atoms with Gasteiger partial charge in [-0.3, -0.25) is 19.5 Å². The average Bonchev–Trinajstić information content (AvgIpc) is 3.75. The fourth-order valence-corrected chi connectivity index (χ4v) is 8.16. The molecule has 5 heterocycles. The Kier molecular flexibility index (Phi) is 10.7. The lowest BCUT2D eigenvalue weighted by Crippen LogP contribution is -2.41. The Bertz CT molecular complexity index is 1970. The largest absolute Gasteiger partial charge is 0.496 e. The first-order chi connectivity index (χ1) is 24.7. The van der Waals surface area contributed by atoms with Crippen molar-refractivity contribution in [2.24, 2.45) is 0 Å². The second kappa shape index (κ2) is 15.4. The van der Waals surface area contributed by atoms with Gasteiger partial charge in [0.2, 0.25) is 17.7 Å². The summed E-state index contributed by atoms with van der Waals surface area (Å²) in [5.74, 6) is 1.38. The van der Waals surface area contributed by atoms with Gasteiger partial charge in [-0.1, -0.05) is 53.0 Å². The third-order valence-corrected chi connectivity index (χ3v) is 11.0. The van der Waals surface area contributed by atoms with E-state index in [1.165, 1.54) is 5.56 Å². The molecule has 4 aromatic rings. The standard InChI is InChI=1S/C38H39Cl3N6O4/c1-50-32-15-22(14-21-11-13-47(20-29(21)32)19-24-7-9-34(49)45-24)37-36(41)26(10-12-43-37)25-4-3-5-27(35(25)40)31-16-30(39)28(38(46-31)51-2)18-42-17-23-6-8-33(48)44-23/h3-5,10,12,14-16,23-24,42H,6-9,11,13,17-20H2,1-2H3,(H,44,48)(H,45,49)/t23-,24-/m1/s1. The average molecular weight is 750 g/mol. The number of pyridine rings is 2. The smallest absolute Gasteiger partial charge is 0.220 e. The van der Waals surface area contributed by atoms with E-state index in [2.05, 4.69) is 26.9 Å². The molecular weight excluding hydrogens is 711 g/mol. The van der Waals surface area contributed by atoms with Gasteiger partial charge in [0, 0.05) is 97.2 Å². The third kappa shape index (κ3) is 7.52. The van der Waals surface area contributed by atoms with Gasteiger partial charge in [-0.15, -0.1) is 0 Å². The number of nitrogens with zero attached hydrogens (tertiary/aromatic N) is 3. The Hall–Kier alpha value is -3.93. The molecular formula is C38H39Cl3N6O4. The van der Waals surface area contributed by atoms with Crippen molar-refractivity contribution in [3.63, 3.8) is 0 Å². The fraction of sp³-hybridized carbons (Fsp3) is 0.368. The van der Waals surface area contributed by atoms with Crippen molar-refractivity contribution < 1.29 is 19.1 Å². The molecule has 2 aromatic heterocycles. The zero-order chi connectivity index (χ0) is 35.6. The lowest BCUT2D eigenvalue weighted by atomic mass is 9.93. The van der Waals surface area contributed by atoms with Crippen molar-refractivity contribution in [1.82, 2.24) is 30.8 Å². The molecule has 2 saturated heterocycles. The van der Waals surface area contributed by atoms with E-state index in [1.807, 2.05) is 30.3 Å². The summed E-state index contributed by atoms with van der Waals surface area (Å²) >= 11 is 21.1. The van der Waals surface area contributed by atoms with E-state index < -0.39 is 0 Å². The van der Waals surface area contributed by atoms with Gasteiger partial charge in [0.1, 0.15) is 5.75 Å². The van der Waals surface area contributed by atoms with Gasteiger partial charge < -0.3 is 25.4 Å². The number of carbonyl (C=O) groups is 2. The Morgan fingerprint density at radius 3 is 2.37 bits per heavy atom. The predicted octanol–water partition coefficient (Wildman–Crippen LogP) is 6.46. The third-order valence-electron chi connectivity index (χ3n) is 9.89. The normalized spacial score (nSPS) is 18.8. The number of amides is 2. The molecule has 0 bridgehead atoms. The van der Waals surface area contributed by atoms with Crippen LogP contribution in [0.2, 0.25) is 15.1 Å². The zero-order valence-electron chi connectivity index (χ0n) is 28.5. The number of carbonyl (C=O) groups excluding carboxylic acids is 2. The molecule has 0 saturated carbocycles. The lowest BCUT2D eigenvalue weighted by molar-refractivity contribution is -0.120. The first-order valence-corrected chi connectivity index (χ1v) is 18.2. The number of fused-ring (bicyclic) bond motifs is 1. The zero-order valence-corrected chi connectivity index (χ0v) is 30.7. The molecule has 51 heavy (non-hydrogen) atoms. The molecule has 10 nitrogen and oxygen atoms in total. The van der Waals surface area contributed by atoms with Crippen LogP contribution < -0.4 is 25.4 Å². The van der Waals surface area contributed by atoms with Crippen LogP contribution >= 0.6 is 34.8 Å². The van der Waals surface area contributed by atoms with Gasteiger partial charge in [0.05, 0.1) is 40.7 Å². The molecule has 7 rings (SSSR count). The number of benzene rings is 2. The highest BCUT2D eigenvalue weighted by atomic mass is 35.5. The minimum absolute atomic E-state index is 0.0757. The van der Waals surface area contributed by atoms with Gasteiger partial charge in [-0.05, 0) is 49.1 Å². The highest BCUT2D eigenvalue weighted by molar-refractivity contribution is 6.39. The second-order valence-electron chi connectivity index (χ2n) is 13.2. The van der Waals surface area contributed by atoms with Gasteiger partial charge in [-0.2, -0.15) is 0 Å². The maximum atomic E-state index is 11.7. The Morgan fingerprint density at radius 1 is 0.902 bits per heavy atom. The molecule has 2 amide bonds. The molecule has 3 aliphatic heterocycles. The first kappa shape index (κ1) is 35.5. The van der Waals surface area contributed by atoms with Gasteiger partial charge in [0.25, 0.3) is 0 Å². The molecule has 2 aromatic carbocycles. The molecule has 0 radical (unpaired) electrons. The molecule has 2 fully saturated rings. The topological polar surface area (TPSA) is 118 Å². The van der Waals surface area contributed by atoms with E-state index in [1.54, 1.807) is 26.5 Å². The summed E-state index contributed by atoms with van der Waals surface area (Å²) in [4.78, 5) is 35.1. The number of halogens is 3. The highest BCUT2D eigenvalue weighted by Gasteiger charge is 2.28. The van der Waals surface area contributed by atoms with Crippen LogP contribution in [0.4, 0.5) is 0 Å². The van der Waals surface area contributed by atoms with Crippen molar-refractivity contribution in [3.8, 4) is 45.3 Å². The number of rotatable bonds is 11. The van der Waals surface area contributed by atoms with E-state index in [0.717, 1.165) is 72.5 Å². The second-order valence-corrected chi connectivity index (χ2v) is 14.4. The minimum atomic E-state index is 0.0757. The molecule has 13 heteroatoms. The van der Waals surface area contributed by atoms with Gasteiger partial charge in [0.15, 0.2) is 0 Å². The molecule has 3 aliphatic rings. The van der Waals surface area contributed by atoms with Crippen molar-refractivity contribution >= 4 is 46.6 Å². The van der Waals surface area contributed by atoms with Crippen LogP contribution in [0.5, 0.6) is 11.6 Å². The van der Waals surface area contributed by atoms with Crippen LogP contribution in [-0.2, 0) is 29.1 Å². The monoisotopic (exact) mass is 748 g/mol. The lowest BCUT2D eigenvalue weighted by Gasteiger charge is -2.32. The molecule has 2 atom stereocenters. The number of ether oxygens (including phenoxy) is 2. The molecule has 3 N–H and O–H groups in total. The van der Waals surface area contributed by atoms with E-state index >= 15 is 0 Å². The van der Waals surface area contributed by atoms with E-state index in [-0.39, 0.29) is 23.9 Å². The quantitative estimate of drug-likeness (QED) is 0.160. The number of nitrogens with one attached hydrogen (secondary N) is 3. The summed E-state index contributed by atoms with van der Waals surface area (Å²) in [5, 5.41) is 10.8. The molecule has 0 spiro atoms. The van der Waals surface area contributed by atoms with Crippen LogP contribution in [0.15, 0.2) is 48.7 Å². The van der Waals surface area contributed by atoms with Crippen LogP contribution in [-0.4, -0.2) is 72.6 Å². The predicted molar refractivity (Wildman–Crippen MR) is 199 cm³/mol. The fourth-order valence-electron chi connectivity index (χ4n) is 7.27. The summed E-state index contributed by atoms with van der Waals surface area (Å²) in [6, 6.07) is 13.8. The van der Waals surface area contributed by atoms with E-state index in [9.17, 15) is 9.59 Å². The van der Waals surface area contributed by atoms with Crippen molar-refractivity contribution in [3.05, 3.63) is 80.4 Å². The first-order valence-electron chi connectivity index (χ1n) is 17.1. The van der Waals surface area contributed by atoms with E-state index in [4.69, 9.17) is 54.2 Å². The summed E-state index contributed by atoms with van der Waals surface area (Å²) in [6.45, 7) is 3.50. The summed E-state index contributed by atoms with van der Waals surface area (Å²) in [5.41, 5.74) is 7.24. The highest BCUT2D eigenvalue weighted by Crippen LogP contribution is 2.43. The SMILES string of the molecule is COc1cc(-c2nccc(-c3cccc(-c4cc(Cl)c(CNC[C@H]5CCC(=O)N5)c(OC)n4)c3Cl)c2Cl)cc2c1CN(C[C@H]1CCC(=O)N1)CC2. The Labute approximate surface area is 312 Å². The summed E-state index contributed by atoms with van der Waals surface area (Å²) in [7, 11) is 3.24. The van der Waals surface area contributed by atoms with E-state index in [0.29, 0.717) is 63.8 Å². The number of hydrogen-bond donors (Lipinski definition) is 3. The summed E-state index contributed by atoms with van der Waals surface area (Å²) < 4.78 is 11.6. The number of methoxy groups -OCH3 is 2. The van der Waals surface area contributed by atoms with Gasteiger partial charge >= 0.3 is 0 Å². The van der Waals surface area contributed by atoms with Crippen molar-refractivity contribution in [2.75, 3.05) is 33.9 Å². The minimum Gasteiger partial charge on any atom is -0.496 e. The van der Waals surface area contributed by atoms with Crippen LogP contribution in [0.1, 0.15) is 42.4 Å². The number of hydrogen-bond acceptors (Lipinski definition) is 8. The van der Waals surface area contributed by atoms with Crippen LogP contribution in [0.25, 0.3) is 33.6 Å². The molecule has 0 unspecified atom stereocenters. The van der Waals surface area contributed by atoms with Crippen LogP contribution in [0.3, 0.4) is 0 Å². The van der Waals surface area contributed by atoms with Crippen molar-refractivity contribution in [1.29, 1.82) is 0 Å². The Balaban J connectivity index is 1.14. The van der Waals surface area contributed by atoms with Crippen LogP contribution in [0, 0.1) is 0 Å². The van der Waals surface area contributed by atoms with Gasteiger partial charge in [-0.25, -0.2) is 4.98 Å². The molecule has 266 valence electrons. The molecule has 0 aliphatic carbocycles. The maximum Gasteiger partial charge on any atom is 0.220 e. The van der Waals surface area contributed by atoms with Crippen molar-refractivity contribution in [2.45, 2.75) is 57.3 Å². The summed E-state index contributed by atoms with van der Waals surface area (Å²) in [6.07, 6.45) is 5.40. The maximum absolute atomic E-state index is 11.7. The number of aromatic nitrogens is 2.